The molecule has 1 aliphatic heterocycles. The van der Waals surface area contributed by atoms with Gasteiger partial charge in [0.1, 0.15) is 0 Å². The van der Waals surface area contributed by atoms with Crippen molar-refractivity contribution in [1.82, 2.24) is 15.5 Å². The van der Waals surface area contributed by atoms with E-state index in [0.29, 0.717) is 29.1 Å². The van der Waals surface area contributed by atoms with Crippen molar-refractivity contribution in [3.8, 4) is 0 Å². The second-order valence-corrected chi connectivity index (χ2v) is 7.25. The van der Waals surface area contributed by atoms with Gasteiger partial charge in [-0.3, -0.25) is 0 Å². The molecule has 0 fully saturated rings. The quantitative estimate of drug-likeness (QED) is 0.480. The van der Waals surface area contributed by atoms with Crippen LogP contribution in [0, 0.1) is 0 Å². The lowest BCUT2D eigenvalue weighted by Crippen LogP contribution is -2.46. The number of nitrogens with one attached hydrogen (secondary N) is 3. The van der Waals surface area contributed by atoms with E-state index in [4.69, 9.17) is 4.74 Å². The van der Waals surface area contributed by atoms with Gasteiger partial charge in [0.2, 0.25) is 0 Å². The summed E-state index contributed by atoms with van der Waals surface area (Å²) >= 11 is 0. The van der Waals surface area contributed by atoms with Crippen molar-refractivity contribution in [3.63, 3.8) is 0 Å². The standard InChI is InChI=1S/C21H30N4O4/c1-6-7-11-22-20(27)23-16-10-8-9-15(12-16)18-17(19(26)29-13(2)3)14(4)25(5)21(28)24-18/h8-10,12-13,18H,6-7,11H2,1-5H3,(H,24,28)(H2,22,23,27). The van der Waals surface area contributed by atoms with Crippen LogP contribution < -0.4 is 16.0 Å². The first-order valence-corrected chi connectivity index (χ1v) is 9.85. The molecule has 158 valence electrons. The lowest BCUT2D eigenvalue weighted by molar-refractivity contribution is -0.143. The molecule has 0 radical (unpaired) electrons. The molecule has 1 unspecified atom stereocenters. The number of carbonyl (C=O) groups excluding carboxylic acids is 3. The van der Waals surface area contributed by atoms with Gasteiger partial charge in [-0.25, -0.2) is 14.4 Å². The Balaban J connectivity index is 2.29. The SMILES string of the molecule is CCCCNC(=O)Nc1cccc(C2NC(=O)N(C)C(C)=C2C(=O)OC(C)C)c1. The smallest absolute Gasteiger partial charge is 0.338 e. The van der Waals surface area contributed by atoms with E-state index in [0.717, 1.165) is 12.8 Å². The Morgan fingerprint density at radius 1 is 1.31 bits per heavy atom. The predicted octanol–water partition coefficient (Wildman–Crippen LogP) is 3.53. The maximum Gasteiger partial charge on any atom is 0.338 e. The summed E-state index contributed by atoms with van der Waals surface area (Å²) in [5.41, 5.74) is 2.14. The Kier molecular flexibility index (Phi) is 7.64. The van der Waals surface area contributed by atoms with E-state index in [9.17, 15) is 14.4 Å². The Bertz CT molecular complexity index is 804. The van der Waals surface area contributed by atoms with Crippen LogP contribution in [-0.4, -0.2) is 42.6 Å². The maximum atomic E-state index is 12.7. The molecule has 1 aromatic rings. The van der Waals surface area contributed by atoms with E-state index >= 15 is 0 Å². The van der Waals surface area contributed by atoms with Crippen molar-refractivity contribution in [3.05, 3.63) is 41.1 Å². The summed E-state index contributed by atoms with van der Waals surface area (Å²) in [6.07, 6.45) is 1.61. The minimum Gasteiger partial charge on any atom is -0.459 e. The van der Waals surface area contributed by atoms with Gasteiger partial charge in [0, 0.05) is 25.0 Å². The molecule has 0 aromatic heterocycles. The molecule has 1 aromatic carbocycles. The Labute approximate surface area is 171 Å². The summed E-state index contributed by atoms with van der Waals surface area (Å²) in [5.74, 6) is -0.481. The Morgan fingerprint density at radius 2 is 2.03 bits per heavy atom. The first-order chi connectivity index (χ1) is 13.7. The number of amides is 4. The van der Waals surface area contributed by atoms with Gasteiger partial charge in [-0.05, 0) is 44.9 Å². The minimum atomic E-state index is -0.671. The first-order valence-electron chi connectivity index (χ1n) is 9.85. The van der Waals surface area contributed by atoms with Crippen molar-refractivity contribution in [2.24, 2.45) is 0 Å². The highest BCUT2D eigenvalue weighted by Crippen LogP contribution is 2.32. The molecule has 1 heterocycles. The molecule has 0 bridgehead atoms. The van der Waals surface area contributed by atoms with Crippen LogP contribution >= 0.6 is 0 Å². The largest absolute Gasteiger partial charge is 0.459 e. The van der Waals surface area contributed by atoms with E-state index in [1.807, 2.05) is 0 Å². The summed E-state index contributed by atoms with van der Waals surface area (Å²) in [6, 6.07) is 5.77. The van der Waals surface area contributed by atoms with Crippen LogP contribution in [0.3, 0.4) is 0 Å². The minimum absolute atomic E-state index is 0.286. The van der Waals surface area contributed by atoms with Crippen molar-refractivity contribution >= 4 is 23.7 Å². The number of esters is 1. The van der Waals surface area contributed by atoms with Gasteiger partial charge < -0.3 is 25.6 Å². The molecule has 8 heteroatoms. The summed E-state index contributed by atoms with van der Waals surface area (Å²) < 4.78 is 5.39. The number of urea groups is 2. The van der Waals surface area contributed by atoms with Crippen molar-refractivity contribution < 1.29 is 19.1 Å². The Hall–Kier alpha value is -3.03. The highest BCUT2D eigenvalue weighted by molar-refractivity contribution is 5.95. The summed E-state index contributed by atoms with van der Waals surface area (Å²) in [4.78, 5) is 38.5. The highest BCUT2D eigenvalue weighted by Gasteiger charge is 2.35. The number of anilines is 1. The Morgan fingerprint density at radius 3 is 2.69 bits per heavy atom. The maximum absolute atomic E-state index is 12.7. The van der Waals surface area contributed by atoms with Crippen LogP contribution in [0.5, 0.6) is 0 Å². The third-order valence-electron chi connectivity index (χ3n) is 4.61. The van der Waals surface area contributed by atoms with Crippen molar-refractivity contribution in [1.29, 1.82) is 0 Å². The molecular formula is C21H30N4O4. The monoisotopic (exact) mass is 402 g/mol. The second kappa shape index (κ2) is 9.95. The molecule has 0 spiro atoms. The molecule has 1 atom stereocenters. The molecule has 1 aliphatic rings. The average molecular weight is 402 g/mol. The fraction of sp³-hybridized carbons (Fsp3) is 0.476. The third-order valence-corrected chi connectivity index (χ3v) is 4.61. The first kappa shape index (κ1) is 22.3. The van der Waals surface area contributed by atoms with E-state index in [1.54, 1.807) is 52.1 Å². The molecule has 2 rings (SSSR count). The van der Waals surface area contributed by atoms with Crippen LogP contribution in [0.1, 0.15) is 52.1 Å². The van der Waals surface area contributed by atoms with Crippen LogP contribution in [0.15, 0.2) is 35.5 Å². The normalized spacial score (nSPS) is 16.6. The molecule has 8 nitrogen and oxygen atoms in total. The number of ether oxygens (including phenoxy) is 1. The summed E-state index contributed by atoms with van der Waals surface area (Å²) in [7, 11) is 1.60. The third kappa shape index (κ3) is 5.73. The fourth-order valence-corrected chi connectivity index (χ4v) is 2.98. The molecule has 29 heavy (non-hydrogen) atoms. The van der Waals surface area contributed by atoms with E-state index < -0.39 is 12.0 Å². The molecule has 0 saturated carbocycles. The second-order valence-electron chi connectivity index (χ2n) is 7.25. The van der Waals surface area contributed by atoms with Crippen LogP contribution in [0.2, 0.25) is 0 Å². The highest BCUT2D eigenvalue weighted by atomic mass is 16.5. The zero-order valence-electron chi connectivity index (χ0n) is 17.7. The van der Waals surface area contributed by atoms with Gasteiger partial charge in [0.25, 0.3) is 0 Å². The van der Waals surface area contributed by atoms with Gasteiger partial charge >= 0.3 is 18.0 Å². The number of allylic oxidation sites excluding steroid dienone is 1. The average Bonchev–Trinajstić information content (AvgIpc) is 2.65. The van der Waals surface area contributed by atoms with E-state index in [-0.39, 0.29) is 18.2 Å². The number of unbranched alkanes of at least 4 members (excludes halogenated alkanes) is 1. The molecule has 3 N–H and O–H groups in total. The zero-order chi connectivity index (χ0) is 21.6. The summed E-state index contributed by atoms with van der Waals surface area (Å²) in [5, 5.41) is 8.41. The van der Waals surface area contributed by atoms with Crippen molar-refractivity contribution in [2.45, 2.75) is 52.7 Å². The van der Waals surface area contributed by atoms with Gasteiger partial charge in [0.15, 0.2) is 0 Å². The number of hydrogen-bond donors (Lipinski definition) is 3. The topological polar surface area (TPSA) is 99.8 Å². The zero-order valence-corrected chi connectivity index (χ0v) is 17.7. The molecule has 0 saturated heterocycles. The number of rotatable bonds is 7. The van der Waals surface area contributed by atoms with Crippen LogP contribution in [-0.2, 0) is 9.53 Å². The van der Waals surface area contributed by atoms with Gasteiger partial charge in [-0.2, -0.15) is 0 Å². The molecular weight excluding hydrogens is 372 g/mol. The predicted molar refractivity (Wildman–Crippen MR) is 111 cm³/mol. The lowest BCUT2D eigenvalue weighted by Gasteiger charge is -2.33. The number of nitrogens with zero attached hydrogens (tertiary/aromatic N) is 1. The van der Waals surface area contributed by atoms with E-state index in [1.165, 1.54) is 4.90 Å². The number of carbonyl (C=O) groups is 3. The summed E-state index contributed by atoms with van der Waals surface area (Å²) in [6.45, 7) is 7.91. The van der Waals surface area contributed by atoms with Gasteiger partial charge in [-0.15, -0.1) is 0 Å². The van der Waals surface area contributed by atoms with E-state index in [2.05, 4.69) is 22.9 Å². The molecule has 4 amide bonds. The lowest BCUT2D eigenvalue weighted by atomic mass is 9.94. The van der Waals surface area contributed by atoms with Gasteiger partial charge in [0.05, 0.1) is 17.7 Å². The molecule has 0 aliphatic carbocycles. The van der Waals surface area contributed by atoms with Crippen LogP contribution in [0.4, 0.5) is 15.3 Å². The number of hydrogen-bond acceptors (Lipinski definition) is 4. The fourth-order valence-electron chi connectivity index (χ4n) is 2.98. The number of benzene rings is 1. The van der Waals surface area contributed by atoms with Crippen molar-refractivity contribution in [2.75, 3.05) is 18.9 Å². The van der Waals surface area contributed by atoms with Gasteiger partial charge in [-0.1, -0.05) is 25.5 Å². The van der Waals surface area contributed by atoms with Crippen LogP contribution in [0.25, 0.3) is 0 Å².